The van der Waals surface area contributed by atoms with Crippen LogP contribution in [0.4, 0.5) is 11.5 Å². The zero-order valence-electron chi connectivity index (χ0n) is 15.3. The van der Waals surface area contributed by atoms with Gasteiger partial charge in [0.1, 0.15) is 5.82 Å². The third kappa shape index (κ3) is 2.77. The Labute approximate surface area is 160 Å². The van der Waals surface area contributed by atoms with E-state index in [9.17, 15) is 4.79 Å². The maximum Gasteiger partial charge on any atom is 0.246 e. The fourth-order valence-corrected chi connectivity index (χ4v) is 3.40. The van der Waals surface area contributed by atoms with Gasteiger partial charge < -0.3 is 9.80 Å². The van der Waals surface area contributed by atoms with Crippen LogP contribution < -0.4 is 9.80 Å². The van der Waals surface area contributed by atoms with Crippen molar-refractivity contribution in [1.29, 1.82) is 0 Å². The molecule has 0 atom stereocenters. The molecule has 28 heavy (non-hydrogen) atoms. The average molecular weight is 374 g/mol. The quantitative estimate of drug-likeness (QED) is 0.539. The first-order chi connectivity index (χ1) is 13.7. The Morgan fingerprint density at radius 2 is 1.86 bits per heavy atom. The number of benzene rings is 1. The van der Waals surface area contributed by atoms with Crippen molar-refractivity contribution in [3.8, 4) is 11.4 Å². The third-order valence-corrected chi connectivity index (χ3v) is 4.83. The number of aromatic nitrogens is 6. The van der Waals surface area contributed by atoms with E-state index in [4.69, 9.17) is 5.10 Å². The van der Waals surface area contributed by atoms with Crippen LogP contribution >= 0.6 is 0 Å². The van der Waals surface area contributed by atoms with Gasteiger partial charge in [0.05, 0.1) is 18.4 Å². The largest absolute Gasteiger partial charge is 0.344 e. The highest BCUT2D eigenvalue weighted by molar-refractivity contribution is 5.97. The zero-order chi connectivity index (χ0) is 19.1. The molecule has 1 aromatic carbocycles. The lowest BCUT2D eigenvalue weighted by molar-refractivity contribution is -0.117. The third-order valence-electron chi connectivity index (χ3n) is 4.83. The van der Waals surface area contributed by atoms with Gasteiger partial charge in [0.25, 0.3) is 0 Å². The van der Waals surface area contributed by atoms with Gasteiger partial charge in [-0.1, -0.05) is 30.3 Å². The number of fused-ring (bicyclic) bond motifs is 1. The predicted octanol–water partition coefficient (Wildman–Crippen LogP) is 1.38. The van der Waals surface area contributed by atoms with Crippen molar-refractivity contribution in [3.05, 3.63) is 54.9 Å². The van der Waals surface area contributed by atoms with Gasteiger partial charge in [0.2, 0.25) is 5.91 Å². The van der Waals surface area contributed by atoms with Gasteiger partial charge in [-0.2, -0.15) is 9.61 Å². The van der Waals surface area contributed by atoms with Gasteiger partial charge >= 0.3 is 0 Å². The SMILES string of the molecule is Cn1cc(N2CCN(c3ccc4nnc(-c5ccccc5)n4n3)CC2=O)cn1. The zero-order valence-corrected chi connectivity index (χ0v) is 15.3. The molecule has 0 unspecified atom stereocenters. The summed E-state index contributed by atoms with van der Waals surface area (Å²) < 4.78 is 3.42. The molecule has 1 amide bonds. The molecule has 0 bridgehead atoms. The number of amides is 1. The van der Waals surface area contributed by atoms with Crippen molar-refractivity contribution in [2.75, 3.05) is 29.4 Å². The number of aryl methyl sites for hydroxylation is 1. The molecule has 4 heterocycles. The summed E-state index contributed by atoms with van der Waals surface area (Å²) >= 11 is 0. The second-order valence-corrected chi connectivity index (χ2v) is 6.69. The highest BCUT2D eigenvalue weighted by Crippen LogP contribution is 2.22. The Kier molecular flexibility index (Phi) is 3.78. The lowest BCUT2D eigenvalue weighted by Crippen LogP contribution is -2.51. The summed E-state index contributed by atoms with van der Waals surface area (Å²) in [4.78, 5) is 16.4. The number of carbonyl (C=O) groups excluding carboxylic acids is 1. The molecule has 1 aliphatic rings. The molecule has 140 valence electrons. The van der Waals surface area contributed by atoms with Gasteiger partial charge in [-0.05, 0) is 12.1 Å². The number of carbonyl (C=O) groups is 1. The number of hydrogen-bond acceptors (Lipinski definition) is 6. The summed E-state index contributed by atoms with van der Waals surface area (Å²) in [6.45, 7) is 1.52. The summed E-state index contributed by atoms with van der Waals surface area (Å²) in [5.74, 6) is 1.43. The molecule has 0 radical (unpaired) electrons. The van der Waals surface area contributed by atoms with Crippen molar-refractivity contribution >= 4 is 23.1 Å². The van der Waals surface area contributed by atoms with Crippen LogP contribution in [-0.4, -0.2) is 55.1 Å². The molecular formula is C19H18N8O. The second kappa shape index (κ2) is 6.45. The molecule has 0 aliphatic carbocycles. The standard InChI is InChI=1S/C19H18N8O/c1-24-12-15(11-20-24)26-10-9-25(13-18(26)28)17-8-7-16-21-22-19(27(16)23-17)14-5-3-2-4-6-14/h2-8,11-12H,9-10,13H2,1H3. The minimum atomic E-state index is 0.0215. The summed E-state index contributed by atoms with van der Waals surface area (Å²) in [6.07, 6.45) is 3.56. The summed E-state index contributed by atoms with van der Waals surface area (Å²) in [5, 5.41) is 17.3. The van der Waals surface area contributed by atoms with Crippen LogP contribution in [-0.2, 0) is 11.8 Å². The minimum Gasteiger partial charge on any atom is -0.344 e. The Balaban J connectivity index is 1.43. The Morgan fingerprint density at radius 3 is 2.61 bits per heavy atom. The fourth-order valence-electron chi connectivity index (χ4n) is 3.40. The first-order valence-corrected chi connectivity index (χ1v) is 9.01. The number of anilines is 2. The van der Waals surface area contributed by atoms with E-state index in [1.54, 1.807) is 20.3 Å². The van der Waals surface area contributed by atoms with E-state index in [0.29, 0.717) is 24.6 Å². The molecule has 1 saturated heterocycles. The Hall–Kier alpha value is -3.75. The first-order valence-electron chi connectivity index (χ1n) is 9.01. The lowest BCUT2D eigenvalue weighted by atomic mass is 10.2. The molecule has 0 saturated carbocycles. The number of rotatable bonds is 3. The van der Waals surface area contributed by atoms with Gasteiger partial charge in [0.15, 0.2) is 11.5 Å². The van der Waals surface area contributed by atoms with Crippen LogP contribution in [0.3, 0.4) is 0 Å². The maximum absolute atomic E-state index is 12.7. The van der Waals surface area contributed by atoms with Gasteiger partial charge in [-0.25, -0.2) is 0 Å². The van der Waals surface area contributed by atoms with Crippen LogP contribution in [0.1, 0.15) is 0 Å². The van der Waals surface area contributed by atoms with Gasteiger partial charge in [0, 0.05) is 31.9 Å². The van der Waals surface area contributed by atoms with E-state index in [1.165, 1.54) is 0 Å². The van der Waals surface area contributed by atoms with Crippen LogP contribution in [0.25, 0.3) is 17.0 Å². The summed E-state index contributed by atoms with van der Waals surface area (Å²) in [5.41, 5.74) is 2.43. The van der Waals surface area contributed by atoms with Crippen molar-refractivity contribution in [2.24, 2.45) is 7.05 Å². The predicted molar refractivity (Wildman–Crippen MR) is 104 cm³/mol. The van der Waals surface area contributed by atoms with E-state index in [-0.39, 0.29) is 12.5 Å². The summed E-state index contributed by atoms with van der Waals surface area (Å²) in [7, 11) is 1.84. The van der Waals surface area contributed by atoms with Crippen LogP contribution in [0.2, 0.25) is 0 Å². The Bertz CT molecular complexity index is 1150. The number of hydrogen-bond donors (Lipinski definition) is 0. The second-order valence-electron chi connectivity index (χ2n) is 6.69. The molecule has 0 N–H and O–H groups in total. The normalized spacial score (nSPS) is 14.8. The van der Waals surface area contributed by atoms with E-state index in [0.717, 1.165) is 17.1 Å². The van der Waals surface area contributed by atoms with Gasteiger partial charge in [-0.3, -0.25) is 9.48 Å². The molecule has 5 rings (SSSR count). The highest BCUT2D eigenvalue weighted by atomic mass is 16.2. The molecule has 0 spiro atoms. The van der Waals surface area contributed by atoms with E-state index in [2.05, 4.69) is 15.3 Å². The Morgan fingerprint density at radius 1 is 1.00 bits per heavy atom. The number of nitrogens with zero attached hydrogens (tertiary/aromatic N) is 8. The molecular weight excluding hydrogens is 356 g/mol. The van der Waals surface area contributed by atoms with Gasteiger partial charge in [-0.15, -0.1) is 15.3 Å². The maximum atomic E-state index is 12.7. The van der Waals surface area contributed by atoms with Crippen LogP contribution in [0.15, 0.2) is 54.9 Å². The van der Waals surface area contributed by atoms with Crippen molar-refractivity contribution < 1.29 is 4.79 Å². The van der Waals surface area contributed by atoms with Crippen molar-refractivity contribution in [2.45, 2.75) is 0 Å². The van der Waals surface area contributed by atoms with Crippen molar-refractivity contribution in [3.63, 3.8) is 0 Å². The fraction of sp³-hybridized carbons (Fsp3) is 0.211. The van der Waals surface area contributed by atoms with Crippen molar-refractivity contribution in [1.82, 2.24) is 29.6 Å². The average Bonchev–Trinajstić information content (AvgIpc) is 3.34. The topological polar surface area (TPSA) is 84.5 Å². The molecule has 9 nitrogen and oxygen atoms in total. The molecule has 9 heteroatoms. The first kappa shape index (κ1) is 16.4. The smallest absolute Gasteiger partial charge is 0.246 e. The highest BCUT2D eigenvalue weighted by Gasteiger charge is 2.27. The van der Waals surface area contributed by atoms with Crippen LogP contribution in [0, 0.1) is 0 Å². The minimum absolute atomic E-state index is 0.0215. The van der Waals surface area contributed by atoms with E-state index >= 15 is 0 Å². The molecule has 1 aliphatic heterocycles. The summed E-state index contributed by atoms with van der Waals surface area (Å²) in [6, 6.07) is 13.6. The lowest BCUT2D eigenvalue weighted by Gasteiger charge is -2.34. The molecule has 3 aromatic heterocycles. The molecule has 4 aromatic rings. The molecule has 1 fully saturated rings. The monoisotopic (exact) mass is 374 g/mol. The van der Waals surface area contributed by atoms with E-state index < -0.39 is 0 Å². The van der Waals surface area contributed by atoms with Crippen LogP contribution in [0.5, 0.6) is 0 Å². The number of piperazine rings is 1. The van der Waals surface area contributed by atoms with E-state index in [1.807, 2.05) is 60.6 Å².